The van der Waals surface area contributed by atoms with E-state index in [9.17, 15) is 14.7 Å². The zero-order chi connectivity index (χ0) is 22.4. The Bertz CT molecular complexity index is 1080. The molecule has 31 heavy (non-hydrogen) atoms. The van der Waals surface area contributed by atoms with E-state index in [1.165, 1.54) is 12.3 Å². The standard InChI is InChI=1S/C24H29NO6/c1-23(2)13-24(14-23)11-15-8-21(31-7-5-6-29-3)20(30-4)9-16(15)18-10-19(26)17(22(27)28)12-25(18)24/h8-10,12H,5-7,11,13-14H2,1-4H3,(H,27,28). The predicted molar refractivity (Wildman–Crippen MR) is 116 cm³/mol. The van der Waals surface area contributed by atoms with Crippen LogP contribution in [0.3, 0.4) is 0 Å². The van der Waals surface area contributed by atoms with Gasteiger partial charge in [0.15, 0.2) is 16.9 Å². The van der Waals surface area contributed by atoms with Crippen LogP contribution < -0.4 is 14.9 Å². The van der Waals surface area contributed by atoms with E-state index in [1.807, 2.05) is 16.7 Å². The second-order valence-corrected chi connectivity index (χ2v) is 9.39. The minimum absolute atomic E-state index is 0.160. The molecule has 1 aromatic heterocycles. The van der Waals surface area contributed by atoms with Gasteiger partial charge in [0.25, 0.3) is 0 Å². The fourth-order valence-electron chi connectivity index (χ4n) is 5.40. The molecule has 1 N–H and O–H groups in total. The molecule has 0 saturated heterocycles. The molecule has 0 unspecified atom stereocenters. The number of benzene rings is 1. The maximum Gasteiger partial charge on any atom is 0.341 e. The number of aromatic carboxylic acids is 1. The van der Waals surface area contributed by atoms with Gasteiger partial charge in [0.05, 0.1) is 19.4 Å². The minimum Gasteiger partial charge on any atom is -0.493 e. The Balaban J connectivity index is 1.83. The number of carboxylic acids is 1. The first-order valence-electron chi connectivity index (χ1n) is 10.5. The first-order valence-corrected chi connectivity index (χ1v) is 10.5. The fraction of sp³-hybridized carbons (Fsp3) is 0.500. The summed E-state index contributed by atoms with van der Waals surface area (Å²) < 4.78 is 18.6. The molecule has 0 amide bonds. The van der Waals surface area contributed by atoms with Gasteiger partial charge in [-0.25, -0.2) is 4.79 Å². The monoisotopic (exact) mass is 427 g/mol. The van der Waals surface area contributed by atoms with Crippen molar-refractivity contribution in [3.63, 3.8) is 0 Å². The molecule has 1 aromatic carbocycles. The highest BCUT2D eigenvalue weighted by Crippen LogP contribution is 2.58. The Morgan fingerprint density at radius 3 is 2.48 bits per heavy atom. The number of rotatable bonds is 7. The van der Waals surface area contributed by atoms with Crippen molar-refractivity contribution in [2.45, 2.75) is 45.1 Å². The number of aromatic nitrogens is 1. The van der Waals surface area contributed by atoms with E-state index in [2.05, 4.69) is 13.8 Å². The Hall–Kier alpha value is -2.80. The highest BCUT2D eigenvalue weighted by molar-refractivity contribution is 5.88. The number of methoxy groups -OCH3 is 2. The molecule has 7 nitrogen and oxygen atoms in total. The van der Waals surface area contributed by atoms with Crippen LogP contribution in [0.5, 0.6) is 11.5 Å². The summed E-state index contributed by atoms with van der Waals surface area (Å²) in [6, 6.07) is 5.35. The van der Waals surface area contributed by atoms with Gasteiger partial charge >= 0.3 is 5.97 Å². The molecule has 2 heterocycles. The van der Waals surface area contributed by atoms with Crippen molar-refractivity contribution >= 4 is 5.97 Å². The number of hydrogen-bond acceptors (Lipinski definition) is 5. The lowest BCUT2D eigenvalue weighted by molar-refractivity contribution is -0.00257. The molecule has 2 aliphatic rings. The van der Waals surface area contributed by atoms with E-state index >= 15 is 0 Å². The minimum atomic E-state index is -1.20. The van der Waals surface area contributed by atoms with Crippen molar-refractivity contribution in [3.8, 4) is 22.8 Å². The third-order valence-electron chi connectivity index (χ3n) is 6.34. The average Bonchev–Trinajstić information content (AvgIpc) is 2.68. The number of ether oxygens (including phenoxy) is 3. The van der Waals surface area contributed by atoms with Gasteiger partial charge in [-0.05, 0) is 42.4 Å². The number of fused-ring (bicyclic) bond motifs is 4. The maximum atomic E-state index is 12.5. The summed E-state index contributed by atoms with van der Waals surface area (Å²) >= 11 is 0. The van der Waals surface area contributed by atoms with Gasteiger partial charge in [0, 0.05) is 43.5 Å². The molecular formula is C24H29NO6. The molecule has 1 fully saturated rings. The summed E-state index contributed by atoms with van der Waals surface area (Å²) in [4.78, 5) is 24.2. The Morgan fingerprint density at radius 2 is 1.87 bits per heavy atom. The first-order chi connectivity index (χ1) is 14.7. The summed E-state index contributed by atoms with van der Waals surface area (Å²) in [5.41, 5.74) is 1.93. The van der Waals surface area contributed by atoms with Gasteiger partial charge in [0.1, 0.15) is 5.56 Å². The van der Waals surface area contributed by atoms with E-state index in [1.54, 1.807) is 14.2 Å². The highest BCUT2D eigenvalue weighted by atomic mass is 16.5. The lowest BCUT2D eigenvalue weighted by Gasteiger charge is -2.57. The second kappa shape index (κ2) is 7.71. The van der Waals surface area contributed by atoms with Crippen LogP contribution in [-0.2, 0) is 16.7 Å². The second-order valence-electron chi connectivity index (χ2n) is 9.39. The van der Waals surface area contributed by atoms with Crippen molar-refractivity contribution in [3.05, 3.63) is 45.7 Å². The number of carboxylic acid groups (broad SMARTS) is 1. The molecule has 1 saturated carbocycles. The number of pyridine rings is 1. The van der Waals surface area contributed by atoms with Gasteiger partial charge < -0.3 is 23.9 Å². The Labute approximate surface area is 181 Å². The maximum absolute atomic E-state index is 12.5. The van der Waals surface area contributed by atoms with Crippen LogP contribution in [0.4, 0.5) is 0 Å². The SMILES string of the molecule is COCCCOc1cc2c(cc1OC)-c1cc(=O)c(C(=O)O)cn1C1(C2)CC(C)(C)C1. The average molecular weight is 427 g/mol. The van der Waals surface area contributed by atoms with Gasteiger partial charge in [-0.3, -0.25) is 4.79 Å². The topological polar surface area (TPSA) is 87.0 Å². The molecular weight excluding hydrogens is 398 g/mol. The van der Waals surface area contributed by atoms with Gasteiger partial charge in [-0.15, -0.1) is 0 Å². The largest absolute Gasteiger partial charge is 0.493 e. The molecule has 0 radical (unpaired) electrons. The van der Waals surface area contributed by atoms with Crippen molar-refractivity contribution in [2.24, 2.45) is 5.41 Å². The van der Waals surface area contributed by atoms with E-state index in [0.29, 0.717) is 24.7 Å². The van der Waals surface area contributed by atoms with E-state index in [4.69, 9.17) is 14.2 Å². The lowest BCUT2D eigenvalue weighted by Crippen LogP contribution is -2.54. The van der Waals surface area contributed by atoms with Crippen LogP contribution in [0.15, 0.2) is 29.2 Å². The van der Waals surface area contributed by atoms with Crippen LogP contribution >= 0.6 is 0 Å². The molecule has 1 aliphatic carbocycles. The zero-order valence-electron chi connectivity index (χ0n) is 18.5. The molecule has 1 aliphatic heterocycles. The fourth-order valence-corrected chi connectivity index (χ4v) is 5.40. The number of carbonyl (C=O) groups is 1. The summed E-state index contributed by atoms with van der Waals surface area (Å²) in [6.45, 7) is 5.56. The number of nitrogens with zero attached hydrogens (tertiary/aromatic N) is 1. The third-order valence-corrected chi connectivity index (χ3v) is 6.34. The lowest BCUT2D eigenvalue weighted by atomic mass is 9.56. The van der Waals surface area contributed by atoms with Crippen LogP contribution in [0.1, 0.15) is 49.0 Å². The zero-order valence-corrected chi connectivity index (χ0v) is 18.5. The summed E-state index contributed by atoms with van der Waals surface area (Å²) in [5, 5.41) is 9.51. The van der Waals surface area contributed by atoms with Crippen molar-refractivity contribution in [2.75, 3.05) is 27.4 Å². The molecule has 0 atom stereocenters. The van der Waals surface area contributed by atoms with Crippen molar-refractivity contribution < 1.29 is 24.1 Å². The van der Waals surface area contributed by atoms with Crippen molar-refractivity contribution in [1.82, 2.24) is 4.57 Å². The van der Waals surface area contributed by atoms with E-state index < -0.39 is 11.4 Å². The molecule has 0 bridgehead atoms. The molecule has 7 heteroatoms. The Morgan fingerprint density at radius 1 is 1.13 bits per heavy atom. The summed E-state index contributed by atoms with van der Waals surface area (Å²) in [6.07, 6.45) is 4.86. The number of hydrogen-bond donors (Lipinski definition) is 1. The van der Waals surface area contributed by atoms with Gasteiger partial charge in [-0.2, -0.15) is 0 Å². The van der Waals surface area contributed by atoms with Crippen LogP contribution in [-0.4, -0.2) is 43.1 Å². The molecule has 1 spiro atoms. The molecule has 166 valence electrons. The molecule has 4 rings (SSSR count). The van der Waals surface area contributed by atoms with Crippen LogP contribution in [0.25, 0.3) is 11.3 Å². The van der Waals surface area contributed by atoms with Gasteiger partial charge in [-0.1, -0.05) is 13.8 Å². The highest BCUT2D eigenvalue weighted by Gasteiger charge is 2.52. The van der Waals surface area contributed by atoms with E-state index in [0.717, 1.165) is 42.5 Å². The van der Waals surface area contributed by atoms with Gasteiger partial charge in [0.2, 0.25) is 0 Å². The molecule has 2 aromatic rings. The normalized spacial score (nSPS) is 17.4. The third kappa shape index (κ3) is 3.71. The first kappa shape index (κ1) is 21.4. The predicted octanol–water partition coefficient (Wildman–Crippen LogP) is 3.71. The summed E-state index contributed by atoms with van der Waals surface area (Å²) in [5.74, 6) is 0.0589. The smallest absolute Gasteiger partial charge is 0.341 e. The quantitative estimate of drug-likeness (QED) is 0.678. The van der Waals surface area contributed by atoms with Crippen molar-refractivity contribution in [1.29, 1.82) is 0 Å². The summed E-state index contributed by atoms with van der Waals surface area (Å²) in [7, 11) is 3.25. The van der Waals surface area contributed by atoms with E-state index in [-0.39, 0.29) is 16.5 Å². The van der Waals surface area contributed by atoms with Crippen LogP contribution in [0.2, 0.25) is 0 Å². The van der Waals surface area contributed by atoms with Crippen LogP contribution in [0, 0.1) is 5.41 Å². The Kier molecular flexibility index (Phi) is 5.33.